The van der Waals surface area contributed by atoms with Gasteiger partial charge in [0, 0.05) is 12.1 Å². The smallest absolute Gasteiger partial charge is 0.332 e. The highest BCUT2D eigenvalue weighted by atomic mass is 19.1. The number of imide groups is 1. The number of halogens is 1. The van der Waals surface area contributed by atoms with Crippen molar-refractivity contribution in [2.75, 3.05) is 14.1 Å². The summed E-state index contributed by atoms with van der Waals surface area (Å²) in [5, 5.41) is 18.3. The van der Waals surface area contributed by atoms with E-state index in [0.29, 0.717) is 5.56 Å². The number of nitrogens with one attached hydrogen (secondary N) is 1. The number of hydrogen-bond donors (Lipinski definition) is 3. The molecule has 10 heteroatoms. The lowest BCUT2D eigenvalue weighted by Crippen LogP contribution is -2.49. The lowest BCUT2D eigenvalue weighted by atomic mass is 10.2. The van der Waals surface area contributed by atoms with Crippen LogP contribution in [0.5, 0.6) is 0 Å². The topological polar surface area (TPSA) is 127 Å². The fraction of sp³-hybridized carbons (Fsp3) is 0.474. The van der Waals surface area contributed by atoms with Gasteiger partial charge in [-0.1, -0.05) is 18.2 Å². The molecule has 1 fully saturated rings. The molecule has 1 unspecified atom stereocenters. The van der Waals surface area contributed by atoms with Gasteiger partial charge < -0.3 is 15.5 Å². The highest BCUT2D eigenvalue weighted by molar-refractivity contribution is 6.08. The summed E-state index contributed by atoms with van der Waals surface area (Å²) in [5.74, 6) is -2.85. The van der Waals surface area contributed by atoms with Crippen LogP contribution in [-0.4, -0.2) is 76.0 Å². The Bertz CT molecular complexity index is 768. The van der Waals surface area contributed by atoms with E-state index in [9.17, 15) is 23.6 Å². The summed E-state index contributed by atoms with van der Waals surface area (Å²) >= 11 is 0. The Labute approximate surface area is 168 Å². The lowest BCUT2D eigenvalue weighted by molar-refractivity contribution is -0.147. The standard InChI is InChI=1S/C16H20FN3O3.C3H6O3/c1-10(20-14(21)8-13(16(20)23)19(2)3)15(22)18-9-11-6-4-5-7-12(11)17;1-2(4)3(5)6/h4-7,10,13H,8-9H2,1-3H3,(H,18,22);2,4H,1H3,(H,5,6)/t10-,13?;2-/m11/s1. The lowest BCUT2D eigenvalue weighted by Gasteiger charge is -2.23. The average Bonchev–Trinajstić information content (AvgIpc) is 2.95. The molecule has 1 saturated heterocycles. The van der Waals surface area contributed by atoms with Gasteiger partial charge in [0.1, 0.15) is 18.0 Å². The molecule has 0 aromatic heterocycles. The molecule has 9 nitrogen and oxygen atoms in total. The highest BCUT2D eigenvalue weighted by Crippen LogP contribution is 2.19. The molecule has 2 rings (SSSR count). The average molecular weight is 411 g/mol. The van der Waals surface area contributed by atoms with E-state index >= 15 is 0 Å². The van der Waals surface area contributed by atoms with Crippen molar-refractivity contribution in [1.82, 2.24) is 15.1 Å². The normalized spacial score (nSPS) is 18.2. The van der Waals surface area contributed by atoms with Gasteiger partial charge in [0.2, 0.25) is 17.7 Å². The molecule has 3 N–H and O–H groups in total. The van der Waals surface area contributed by atoms with Gasteiger partial charge in [-0.15, -0.1) is 0 Å². The third-order valence-corrected chi connectivity index (χ3v) is 4.32. The van der Waals surface area contributed by atoms with Crippen LogP contribution in [0.3, 0.4) is 0 Å². The van der Waals surface area contributed by atoms with Crippen molar-refractivity contribution in [3.8, 4) is 0 Å². The predicted molar refractivity (Wildman–Crippen MR) is 101 cm³/mol. The highest BCUT2D eigenvalue weighted by Gasteiger charge is 2.43. The molecule has 160 valence electrons. The molecular formula is C19H26FN3O6. The van der Waals surface area contributed by atoms with E-state index in [0.717, 1.165) is 4.90 Å². The summed E-state index contributed by atoms with van der Waals surface area (Å²) in [6.45, 7) is 2.69. The van der Waals surface area contributed by atoms with Crippen LogP contribution in [0.15, 0.2) is 24.3 Å². The predicted octanol–water partition coefficient (Wildman–Crippen LogP) is -0.0287. The van der Waals surface area contributed by atoms with E-state index in [2.05, 4.69) is 5.32 Å². The number of likely N-dealkylation sites (tertiary alicyclic amines) is 1. The number of nitrogens with zero attached hydrogens (tertiary/aromatic N) is 2. The number of carboxylic acid groups (broad SMARTS) is 1. The van der Waals surface area contributed by atoms with Crippen LogP contribution in [0.4, 0.5) is 4.39 Å². The van der Waals surface area contributed by atoms with E-state index in [-0.39, 0.29) is 24.8 Å². The number of amides is 3. The van der Waals surface area contributed by atoms with Crippen LogP contribution in [0.2, 0.25) is 0 Å². The quantitative estimate of drug-likeness (QED) is 0.561. The molecule has 0 radical (unpaired) electrons. The Balaban J connectivity index is 0.000000612. The second-order valence-electron chi connectivity index (χ2n) is 6.78. The monoisotopic (exact) mass is 411 g/mol. The maximum atomic E-state index is 13.5. The van der Waals surface area contributed by atoms with Crippen LogP contribution < -0.4 is 5.32 Å². The SMILES string of the molecule is C[C@@H](O)C(=O)O.C[C@H](C(=O)NCc1ccccc1F)N1C(=O)CC(N(C)C)C1=O. The molecule has 1 heterocycles. The number of likely N-dealkylation sites (N-methyl/N-ethyl adjacent to an activating group) is 1. The second kappa shape index (κ2) is 10.6. The minimum absolute atomic E-state index is 0.00315. The molecule has 0 spiro atoms. The summed E-state index contributed by atoms with van der Waals surface area (Å²) < 4.78 is 13.5. The number of aliphatic carboxylic acids is 1. The van der Waals surface area contributed by atoms with E-state index in [4.69, 9.17) is 10.2 Å². The Kier molecular flexibility index (Phi) is 8.86. The number of aliphatic hydroxyl groups excluding tert-OH is 1. The Hall–Kier alpha value is -2.85. The van der Waals surface area contributed by atoms with E-state index in [1.807, 2.05) is 0 Å². The largest absolute Gasteiger partial charge is 0.479 e. The van der Waals surface area contributed by atoms with Gasteiger partial charge in [0.25, 0.3) is 0 Å². The molecule has 1 aromatic rings. The fourth-order valence-electron chi connectivity index (χ4n) is 2.53. The molecule has 29 heavy (non-hydrogen) atoms. The molecule has 1 aliphatic rings. The van der Waals surface area contributed by atoms with Crippen molar-refractivity contribution in [2.45, 2.75) is 45.0 Å². The zero-order valence-electron chi connectivity index (χ0n) is 16.8. The minimum Gasteiger partial charge on any atom is -0.479 e. The molecule has 0 saturated carbocycles. The van der Waals surface area contributed by atoms with Gasteiger partial charge in [-0.25, -0.2) is 9.18 Å². The van der Waals surface area contributed by atoms with E-state index < -0.39 is 35.9 Å². The fourth-order valence-corrected chi connectivity index (χ4v) is 2.53. The van der Waals surface area contributed by atoms with Gasteiger partial charge in [0.05, 0.1) is 12.5 Å². The zero-order valence-corrected chi connectivity index (χ0v) is 16.8. The Morgan fingerprint density at radius 2 is 1.83 bits per heavy atom. The van der Waals surface area contributed by atoms with Crippen LogP contribution in [0.1, 0.15) is 25.8 Å². The first-order chi connectivity index (χ1) is 13.5. The van der Waals surface area contributed by atoms with Gasteiger partial charge in [-0.3, -0.25) is 24.2 Å². The molecule has 0 aliphatic carbocycles. The number of benzene rings is 1. The first-order valence-corrected chi connectivity index (χ1v) is 8.91. The van der Waals surface area contributed by atoms with Crippen molar-refractivity contribution >= 4 is 23.7 Å². The minimum atomic E-state index is -1.23. The molecular weight excluding hydrogens is 385 g/mol. The van der Waals surface area contributed by atoms with Crippen molar-refractivity contribution in [2.24, 2.45) is 0 Å². The van der Waals surface area contributed by atoms with Crippen molar-refractivity contribution in [3.63, 3.8) is 0 Å². The summed E-state index contributed by atoms with van der Waals surface area (Å²) in [6.07, 6.45) is -1.17. The Morgan fingerprint density at radius 1 is 1.28 bits per heavy atom. The maximum absolute atomic E-state index is 13.5. The summed E-state index contributed by atoms with van der Waals surface area (Å²) in [5.41, 5.74) is 0.346. The third-order valence-electron chi connectivity index (χ3n) is 4.32. The van der Waals surface area contributed by atoms with Gasteiger partial charge in [-0.05, 0) is 34.0 Å². The van der Waals surface area contributed by atoms with Gasteiger partial charge >= 0.3 is 5.97 Å². The van der Waals surface area contributed by atoms with Crippen LogP contribution in [0.25, 0.3) is 0 Å². The molecule has 0 bridgehead atoms. The number of aliphatic hydroxyl groups is 1. The maximum Gasteiger partial charge on any atom is 0.332 e. The van der Waals surface area contributed by atoms with Crippen LogP contribution in [-0.2, 0) is 25.7 Å². The molecule has 3 atom stereocenters. The number of rotatable bonds is 6. The van der Waals surface area contributed by atoms with Gasteiger partial charge in [0.15, 0.2) is 0 Å². The summed E-state index contributed by atoms with van der Waals surface area (Å²) in [7, 11) is 3.42. The number of hydrogen-bond acceptors (Lipinski definition) is 6. The zero-order chi connectivity index (χ0) is 22.3. The van der Waals surface area contributed by atoms with Crippen LogP contribution in [0, 0.1) is 5.82 Å². The van der Waals surface area contributed by atoms with Crippen LogP contribution >= 0.6 is 0 Å². The first kappa shape index (κ1) is 24.2. The molecule has 3 amide bonds. The number of carbonyl (C=O) groups excluding carboxylic acids is 3. The van der Waals surface area contributed by atoms with Gasteiger partial charge in [-0.2, -0.15) is 0 Å². The third kappa shape index (κ3) is 6.61. The second-order valence-corrected chi connectivity index (χ2v) is 6.78. The van der Waals surface area contributed by atoms with Crippen molar-refractivity contribution in [3.05, 3.63) is 35.6 Å². The Morgan fingerprint density at radius 3 is 2.28 bits per heavy atom. The number of carboxylic acids is 1. The number of carbonyl (C=O) groups is 4. The van der Waals surface area contributed by atoms with E-state index in [1.165, 1.54) is 19.9 Å². The van der Waals surface area contributed by atoms with Crippen molar-refractivity contribution in [1.29, 1.82) is 0 Å². The van der Waals surface area contributed by atoms with E-state index in [1.54, 1.807) is 37.2 Å². The summed E-state index contributed by atoms with van der Waals surface area (Å²) in [6, 6.07) is 4.64. The molecule has 1 aromatic carbocycles. The first-order valence-electron chi connectivity index (χ1n) is 8.91. The van der Waals surface area contributed by atoms with Crippen molar-refractivity contribution < 1.29 is 33.8 Å². The summed E-state index contributed by atoms with van der Waals surface area (Å²) in [4.78, 5) is 48.5. The molecule has 1 aliphatic heterocycles.